The number of allylic oxidation sites excluding steroid dienone is 1. The van der Waals surface area contributed by atoms with Crippen LogP contribution >= 0.6 is 11.6 Å². The number of hydrogen-bond acceptors (Lipinski definition) is 5. The molecule has 1 N–H and O–H groups in total. The Balaban J connectivity index is 2.14. The molecule has 0 aliphatic carbocycles. The van der Waals surface area contributed by atoms with Crippen LogP contribution in [-0.4, -0.2) is 31.3 Å². The van der Waals surface area contributed by atoms with Crippen molar-refractivity contribution in [3.8, 4) is 22.9 Å². The Kier molecular flexibility index (Phi) is 4.25. The zero-order chi connectivity index (χ0) is 18.2. The van der Waals surface area contributed by atoms with Gasteiger partial charge in [0.25, 0.3) is 0 Å². The highest BCUT2D eigenvalue weighted by Gasteiger charge is 2.31. The lowest BCUT2D eigenvalue weighted by molar-refractivity contribution is -0.274. The molecule has 0 amide bonds. The van der Waals surface area contributed by atoms with Crippen LogP contribution in [-0.2, 0) is 6.42 Å². The van der Waals surface area contributed by atoms with Crippen LogP contribution < -0.4 is 4.74 Å². The van der Waals surface area contributed by atoms with Crippen LogP contribution in [0.1, 0.15) is 5.56 Å². The maximum Gasteiger partial charge on any atom is 0.573 e. The fraction of sp³-hybridized carbons (Fsp3) is 0.133. The van der Waals surface area contributed by atoms with Gasteiger partial charge >= 0.3 is 6.36 Å². The maximum atomic E-state index is 12.4. The summed E-state index contributed by atoms with van der Waals surface area (Å²) in [4.78, 5) is 0. The van der Waals surface area contributed by atoms with Crippen molar-refractivity contribution < 1.29 is 23.0 Å². The molecule has 10 heteroatoms. The standard InChI is InChI=1S/C15H10ClF3N4O2/c1-2-4-10-11(24)12(16)22-23-13(20-21-14(10)23)8-5-3-6-9(7-8)25-15(17,18)19/h2-3,5-7,24H,1,4H2. The smallest absolute Gasteiger partial charge is 0.504 e. The summed E-state index contributed by atoms with van der Waals surface area (Å²) >= 11 is 5.92. The molecule has 0 atom stereocenters. The third-order valence-corrected chi connectivity index (χ3v) is 3.51. The van der Waals surface area contributed by atoms with Crippen molar-refractivity contribution in [2.75, 3.05) is 0 Å². The molecule has 3 rings (SSSR count). The maximum absolute atomic E-state index is 12.4. The molecule has 0 unspecified atom stereocenters. The van der Waals surface area contributed by atoms with Crippen molar-refractivity contribution in [2.45, 2.75) is 12.8 Å². The van der Waals surface area contributed by atoms with Gasteiger partial charge in [0.1, 0.15) is 5.75 Å². The minimum Gasteiger partial charge on any atom is -0.504 e. The zero-order valence-corrected chi connectivity index (χ0v) is 13.2. The lowest BCUT2D eigenvalue weighted by Crippen LogP contribution is -2.17. The topological polar surface area (TPSA) is 72.5 Å². The van der Waals surface area contributed by atoms with Crippen LogP contribution in [0.2, 0.25) is 5.15 Å². The molecule has 0 aliphatic heterocycles. The van der Waals surface area contributed by atoms with Gasteiger partial charge < -0.3 is 9.84 Å². The van der Waals surface area contributed by atoms with Crippen LogP contribution in [0.5, 0.6) is 11.5 Å². The Hall–Kier alpha value is -2.81. The lowest BCUT2D eigenvalue weighted by Gasteiger charge is -2.10. The van der Waals surface area contributed by atoms with E-state index in [9.17, 15) is 18.3 Å². The van der Waals surface area contributed by atoms with Gasteiger partial charge in [0.2, 0.25) is 0 Å². The SMILES string of the molecule is C=CCc1c(O)c(Cl)nn2c(-c3cccc(OC(F)(F)F)c3)nnc12. The molecule has 0 saturated carbocycles. The Morgan fingerprint density at radius 3 is 2.76 bits per heavy atom. The number of ether oxygens (including phenoxy) is 1. The van der Waals surface area contributed by atoms with Crippen LogP contribution in [0.15, 0.2) is 36.9 Å². The van der Waals surface area contributed by atoms with Gasteiger partial charge in [0.05, 0.1) is 0 Å². The molecule has 0 saturated heterocycles. The normalized spacial score (nSPS) is 11.7. The van der Waals surface area contributed by atoms with Crippen LogP contribution in [0.4, 0.5) is 13.2 Å². The van der Waals surface area contributed by atoms with E-state index in [0.29, 0.717) is 5.56 Å². The second kappa shape index (κ2) is 6.25. The second-order valence-electron chi connectivity index (χ2n) is 4.95. The third-order valence-electron chi connectivity index (χ3n) is 3.25. The highest BCUT2D eigenvalue weighted by molar-refractivity contribution is 6.30. The molecule has 2 aromatic heterocycles. The fourth-order valence-electron chi connectivity index (χ4n) is 2.27. The van der Waals surface area contributed by atoms with Gasteiger partial charge in [0, 0.05) is 11.1 Å². The van der Waals surface area contributed by atoms with Crippen LogP contribution in [0, 0.1) is 0 Å². The summed E-state index contributed by atoms with van der Waals surface area (Å²) in [7, 11) is 0. The van der Waals surface area contributed by atoms with Crippen molar-refractivity contribution >= 4 is 17.2 Å². The van der Waals surface area contributed by atoms with Crippen LogP contribution in [0.3, 0.4) is 0 Å². The van der Waals surface area contributed by atoms with E-state index in [1.807, 2.05) is 0 Å². The summed E-state index contributed by atoms with van der Waals surface area (Å²) in [5.74, 6) is -0.505. The summed E-state index contributed by atoms with van der Waals surface area (Å²) in [6, 6.07) is 5.22. The van der Waals surface area contributed by atoms with Gasteiger partial charge in [-0.25, -0.2) is 0 Å². The number of hydrogen-bond donors (Lipinski definition) is 1. The Morgan fingerprint density at radius 2 is 2.08 bits per heavy atom. The molecule has 0 radical (unpaired) electrons. The minimum atomic E-state index is -4.81. The highest BCUT2D eigenvalue weighted by atomic mass is 35.5. The van der Waals surface area contributed by atoms with E-state index < -0.39 is 12.1 Å². The number of aromatic hydroxyl groups is 1. The molecule has 0 aliphatic rings. The first-order chi connectivity index (χ1) is 11.8. The number of fused-ring (bicyclic) bond motifs is 1. The Labute approximate surface area is 144 Å². The van der Waals surface area contributed by atoms with Crippen LogP contribution in [0.25, 0.3) is 17.0 Å². The predicted octanol–water partition coefficient (Wildman–Crippen LogP) is 3.78. The summed E-state index contributed by atoms with van der Waals surface area (Å²) in [6.45, 7) is 3.59. The van der Waals surface area contributed by atoms with E-state index in [0.717, 1.165) is 12.1 Å². The number of alkyl halides is 3. The van der Waals surface area contributed by atoms with E-state index >= 15 is 0 Å². The largest absolute Gasteiger partial charge is 0.573 e. The number of benzene rings is 1. The summed E-state index contributed by atoms with van der Waals surface area (Å²) in [6.07, 6.45) is -3.01. The van der Waals surface area contributed by atoms with E-state index in [1.165, 1.54) is 22.7 Å². The molecule has 0 bridgehead atoms. The minimum absolute atomic E-state index is 0.148. The van der Waals surface area contributed by atoms with Crippen molar-refractivity contribution in [1.82, 2.24) is 19.8 Å². The Bertz CT molecular complexity index is 956. The molecule has 3 aromatic rings. The van der Waals surface area contributed by atoms with Crippen molar-refractivity contribution in [3.05, 3.63) is 47.6 Å². The average Bonchev–Trinajstić information content (AvgIpc) is 2.94. The average molecular weight is 371 g/mol. The molecule has 25 heavy (non-hydrogen) atoms. The van der Waals surface area contributed by atoms with Crippen molar-refractivity contribution in [3.63, 3.8) is 0 Å². The molecule has 0 fully saturated rings. The predicted molar refractivity (Wildman–Crippen MR) is 83.5 cm³/mol. The van der Waals surface area contributed by atoms with Gasteiger partial charge in [-0.1, -0.05) is 29.8 Å². The molecular weight excluding hydrogens is 361 g/mol. The van der Waals surface area contributed by atoms with Gasteiger partial charge in [-0.2, -0.15) is 4.52 Å². The monoisotopic (exact) mass is 370 g/mol. The molecule has 6 nitrogen and oxygen atoms in total. The molecular formula is C15H10ClF3N4O2. The van der Waals surface area contributed by atoms with Crippen molar-refractivity contribution in [2.24, 2.45) is 0 Å². The number of halogens is 4. The highest BCUT2D eigenvalue weighted by Crippen LogP contribution is 2.32. The number of nitrogens with zero attached hydrogens (tertiary/aromatic N) is 4. The molecule has 130 valence electrons. The van der Waals surface area contributed by atoms with Gasteiger partial charge in [-0.05, 0) is 18.6 Å². The molecule has 0 spiro atoms. The summed E-state index contributed by atoms with van der Waals surface area (Å²) in [5.41, 5.74) is 0.864. The van der Waals surface area contributed by atoms with E-state index in [-0.39, 0.29) is 34.4 Å². The number of rotatable bonds is 4. The van der Waals surface area contributed by atoms with E-state index in [1.54, 1.807) is 0 Å². The van der Waals surface area contributed by atoms with E-state index in [2.05, 4.69) is 26.6 Å². The zero-order valence-electron chi connectivity index (χ0n) is 12.5. The first-order valence-electron chi connectivity index (χ1n) is 6.90. The quantitative estimate of drug-likeness (QED) is 0.708. The summed E-state index contributed by atoms with van der Waals surface area (Å²) < 4.78 is 42.3. The van der Waals surface area contributed by atoms with Gasteiger partial charge in [0.15, 0.2) is 22.4 Å². The lowest BCUT2D eigenvalue weighted by atomic mass is 10.2. The van der Waals surface area contributed by atoms with E-state index in [4.69, 9.17) is 11.6 Å². The first-order valence-corrected chi connectivity index (χ1v) is 7.28. The second-order valence-corrected chi connectivity index (χ2v) is 5.30. The fourth-order valence-corrected chi connectivity index (χ4v) is 2.46. The number of aromatic nitrogens is 4. The van der Waals surface area contributed by atoms with Crippen molar-refractivity contribution in [1.29, 1.82) is 0 Å². The molecule has 1 aromatic carbocycles. The Morgan fingerprint density at radius 1 is 1.32 bits per heavy atom. The van der Waals surface area contributed by atoms with Gasteiger partial charge in [-0.15, -0.1) is 35.0 Å². The summed E-state index contributed by atoms with van der Waals surface area (Å²) in [5, 5.41) is 21.7. The molecule has 2 heterocycles. The third kappa shape index (κ3) is 3.36. The first kappa shape index (κ1) is 17.0. The van der Waals surface area contributed by atoms with Gasteiger partial charge in [-0.3, -0.25) is 0 Å².